The Labute approximate surface area is 142 Å². The first-order valence-corrected chi connectivity index (χ1v) is 8.83. The number of nitrogens with one attached hydrogen (secondary N) is 2. The molecule has 7 heteroatoms. The first kappa shape index (κ1) is 17.5. The van der Waals surface area contributed by atoms with Crippen molar-refractivity contribution in [3.05, 3.63) is 33.5 Å². The summed E-state index contributed by atoms with van der Waals surface area (Å²) in [5.41, 5.74) is 3.42. The molecule has 2 heterocycles. The molecule has 0 fully saturated rings. The van der Waals surface area contributed by atoms with E-state index in [0.29, 0.717) is 0 Å². The molecule has 0 atom stereocenters. The summed E-state index contributed by atoms with van der Waals surface area (Å²) in [5, 5.41) is 14.4. The molecule has 6 nitrogen and oxygen atoms in total. The lowest BCUT2D eigenvalue weighted by Gasteiger charge is -2.11. The third-order valence-electron chi connectivity index (χ3n) is 3.51. The summed E-state index contributed by atoms with van der Waals surface area (Å²) >= 11 is 1.69. The Morgan fingerprint density at radius 2 is 2.04 bits per heavy atom. The van der Waals surface area contributed by atoms with Crippen molar-refractivity contribution in [2.24, 2.45) is 4.99 Å². The van der Waals surface area contributed by atoms with Crippen molar-refractivity contribution in [3.8, 4) is 0 Å². The van der Waals surface area contributed by atoms with Crippen LogP contribution in [0.5, 0.6) is 0 Å². The van der Waals surface area contributed by atoms with Crippen molar-refractivity contribution in [1.29, 1.82) is 0 Å². The highest BCUT2D eigenvalue weighted by Gasteiger charge is 2.02. The van der Waals surface area contributed by atoms with Crippen molar-refractivity contribution < 1.29 is 0 Å². The van der Waals surface area contributed by atoms with E-state index in [1.807, 2.05) is 13.8 Å². The van der Waals surface area contributed by atoms with Gasteiger partial charge >= 0.3 is 0 Å². The number of nitrogens with zero attached hydrogens (tertiary/aromatic N) is 4. The highest BCUT2D eigenvalue weighted by Crippen LogP contribution is 2.07. The molecule has 0 spiro atoms. The smallest absolute Gasteiger partial charge is 0.190 e. The Morgan fingerprint density at radius 3 is 2.65 bits per heavy atom. The fourth-order valence-corrected chi connectivity index (χ4v) is 3.04. The Balaban J connectivity index is 1.64. The third-order valence-corrected chi connectivity index (χ3v) is 4.33. The molecule has 0 radical (unpaired) electrons. The van der Waals surface area contributed by atoms with E-state index in [2.05, 4.69) is 48.8 Å². The normalized spacial score (nSPS) is 11.7. The van der Waals surface area contributed by atoms with E-state index in [9.17, 15) is 0 Å². The van der Waals surface area contributed by atoms with Crippen molar-refractivity contribution in [1.82, 2.24) is 25.4 Å². The molecular weight excluding hydrogens is 308 g/mol. The van der Waals surface area contributed by atoms with Crippen LogP contribution >= 0.6 is 11.3 Å². The summed E-state index contributed by atoms with van der Waals surface area (Å²) in [6, 6.07) is 2.11. The molecule has 126 valence electrons. The molecule has 0 unspecified atom stereocenters. The second-order valence-electron chi connectivity index (χ2n) is 5.54. The van der Waals surface area contributed by atoms with Crippen molar-refractivity contribution >= 4 is 17.3 Å². The van der Waals surface area contributed by atoms with Crippen molar-refractivity contribution in [3.63, 3.8) is 0 Å². The van der Waals surface area contributed by atoms with Crippen LogP contribution in [0.4, 0.5) is 0 Å². The van der Waals surface area contributed by atoms with Gasteiger partial charge in [0, 0.05) is 44.2 Å². The molecule has 2 aromatic heterocycles. The van der Waals surface area contributed by atoms with Gasteiger partial charge in [0.05, 0.1) is 16.4 Å². The van der Waals surface area contributed by atoms with Gasteiger partial charge in [0.2, 0.25) is 0 Å². The molecule has 0 aliphatic heterocycles. The number of aliphatic imine (C=N–C) groups is 1. The van der Waals surface area contributed by atoms with Gasteiger partial charge in [0.25, 0.3) is 0 Å². The van der Waals surface area contributed by atoms with Gasteiger partial charge in [-0.3, -0.25) is 9.67 Å². The lowest BCUT2D eigenvalue weighted by Crippen LogP contribution is -2.39. The molecule has 2 aromatic rings. The molecule has 0 aromatic carbocycles. The van der Waals surface area contributed by atoms with E-state index in [1.165, 1.54) is 5.69 Å². The number of aromatic nitrogens is 3. The molecule has 0 saturated carbocycles. The first-order chi connectivity index (χ1) is 11.1. The van der Waals surface area contributed by atoms with E-state index in [0.717, 1.165) is 54.8 Å². The summed E-state index contributed by atoms with van der Waals surface area (Å²) in [5.74, 6) is 0.838. The summed E-state index contributed by atoms with van der Waals surface area (Å²) in [4.78, 5) is 8.71. The zero-order valence-corrected chi connectivity index (χ0v) is 15.2. The molecular formula is C16H26N6S. The maximum Gasteiger partial charge on any atom is 0.190 e. The van der Waals surface area contributed by atoms with Crippen LogP contribution in [-0.2, 0) is 13.0 Å². The van der Waals surface area contributed by atoms with Gasteiger partial charge in [-0.1, -0.05) is 0 Å². The quantitative estimate of drug-likeness (QED) is 0.462. The van der Waals surface area contributed by atoms with Crippen LogP contribution in [0, 0.1) is 20.8 Å². The van der Waals surface area contributed by atoms with Crippen LogP contribution < -0.4 is 10.6 Å². The zero-order chi connectivity index (χ0) is 16.7. The Bertz CT molecular complexity index is 643. The van der Waals surface area contributed by atoms with Gasteiger partial charge < -0.3 is 10.6 Å². The molecule has 0 saturated heterocycles. The van der Waals surface area contributed by atoms with Crippen LogP contribution in [0.1, 0.15) is 28.5 Å². The van der Waals surface area contributed by atoms with Gasteiger partial charge in [-0.15, -0.1) is 11.3 Å². The number of guanidine groups is 1. The summed E-state index contributed by atoms with van der Waals surface area (Å²) < 4.78 is 2.05. The SMILES string of the molecule is CN=C(NCCCn1nc(C)cc1C)NCCc1csc(C)n1. The van der Waals surface area contributed by atoms with E-state index in [-0.39, 0.29) is 0 Å². The zero-order valence-electron chi connectivity index (χ0n) is 14.4. The highest BCUT2D eigenvalue weighted by molar-refractivity contribution is 7.09. The fourth-order valence-electron chi connectivity index (χ4n) is 2.39. The minimum absolute atomic E-state index is 0.834. The van der Waals surface area contributed by atoms with Crippen LogP contribution in [0.25, 0.3) is 0 Å². The average Bonchev–Trinajstić information content (AvgIpc) is 3.07. The van der Waals surface area contributed by atoms with E-state index >= 15 is 0 Å². The van der Waals surface area contributed by atoms with Crippen LogP contribution in [0.3, 0.4) is 0 Å². The maximum atomic E-state index is 4.47. The van der Waals surface area contributed by atoms with Crippen LogP contribution in [0.15, 0.2) is 16.4 Å². The Hall–Kier alpha value is -1.89. The molecule has 0 aliphatic carbocycles. The largest absolute Gasteiger partial charge is 0.356 e. The fraction of sp³-hybridized carbons (Fsp3) is 0.562. The van der Waals surface area contributed by atoms with Gasteiger partial charge in [-0.25, -0.2) is 4.98 Å². The summed E-state index contributed by atoms with van der Waals surface area (Å²) in [6.07, 6.45) is 1.92. The first-order valence-electron chi connectivity index (χ1n) is 7.95. The monoisotopic (exact) mass is 334 g/mol. The third kappa shape index (κ3) is 5.67. The topological polar surface area (TPSA) is 67.1 Å². The standard InChI is InChI=1S/C16H26N6S/c1-12-10-13(2)22(21-12)9-5-7-18-16(17-4)19-8-6-15-11-23-14(3)20-15/h10-11H,5-9H2,1-4H3,(H2,17,18,19). The molecule has 0 aliphatic rings. The van der Waals surface area contributed by atoms with E-state index < -0.39 is 0 Å². The minimum atomic E-state index is 0.834. The number of hydrogen-bond donors (Lipinski definition) is 2. The Kier molecular flexibility index (Phi) is 6.58. The molecule has 0 bridgehead atoms. The minimum Gasteiger partial charge on any atom is -0.356 e. The summed E-state index contributed by atoms with van der Waals surface area (Å²) in [6.45, 7) is 8.77. The number of aryl methyl sites for hydroxylation is 4. The van der Waals surface area contributed by atoms with Gasteiger partial charge in [0.15, 0.2) is 5.96 Å². The van der Waals surface area contributed by atoms with Gasteiger partial charge in [-0.2, -0.15) is 5.10 Å². The number of hydrogen-bond acceptors (Lipinski definition) is 4. The van der Waals surface area contributed by atoms with Crippen molar-refractivity contribution in [2.45, 2.75) is 40.2 Å². The van der Waals surface area contributed by atoms with Crippen LogP contribution in [-0.4, -0.2) is 40.9 Å². The van der Waals surface area contributed by atoms with Gasteiger partial charge in [0.1, 0.15) is 0 Å². The predicted molar refractivity (Wildman–Crippen MR) is 96.2 cm³/mol. The molecule has 23 heavy (non-hydrogen) atoms. The van der Waals surface area contributed by atoms with E-state index in [4.69, 9.17) is 0 Å². The molecule has 2 rings (SSSR count). The second-order valence-corrected chi connectivity index (χ2v) is 6.60. The Morgan fingerprint density at radius 1 is 1.26 bits per heavy atom. The van der Waals surface area contributed by atoms with E-state index in [1.54, 1.807) is 18.4 Å². The van der Waals surface area contributed by atoms with Crippen molar-refractivity contribution in [2.75, 3.05) is 20.1 Å². The lowest BCUT2D eigenvalue weighted by atomic mass is 10.3. The highest BCUT2D eigenvalue weighted by atomic mass is 32.1. The maximum absolute atomic E-state index is 4.47. The molecule has 0 amide bonds. The number of thiazole rings is 1. The predicted octanol–water partition coefficient (Wildman–Crippen LogP) is 2.06. The van der Waals surface area contributed by atoms with Gasteiger partial charge in [-0.05, 0) is 33.3 Å². The second kappa shape index (κ2) is 8.67. The summed E-state index contributed by atoms with van der Waals surface area (Å²) in [7, 11) is 1.79. The number of rotatable bonds is 7. The average molecular weight is 334 g/mol. The molecule has 2 N–H and O–H groups in total. The van der Waals surface area contributed by atoms with Crippen LogP contribution in [0.2, 0.25) is 0 Å². The lowest BCUT2D eigenvalue weighted by molar-refractivity contribution is 0.555.